The van der Waals surface area contributed by atoms with Crippen LogP contribution < -0.4 is 10.1 Å². The Kier molecular flexibility index (Phi) is 6.46. The summed E-state index contributed by atoms with van der Waals surface area (Å²) in [6, 6.07) is 4.69. The van der Waals surface area contributed by atoms with E-state index in [4.69, 9.17) is 4.74 Å². The number of aryl methyl sites for hydroxylation is 1. The quantitative estimate of drug-likeness (QED) is 0.799. The molecule has 4 nitrogen and oxygen atoms in total. The van der Waals surface area contributed by atoms with Crippen molar-refractivity contribution in [2.75, 3.05) is 26.7 Å². The van der Waals surface area contributed by atoms with E-state index in [1.54, 1.807) is 7.11 Å². The molecule has 0 spiro atoms. The first-order valence-electron chi connectivity index (χ1n) is 8.18. The van der Waals surface area contributed by atoms with Crippen LogP contribution in [0.1, 0.15) is 44.0 Å². The van der Waals surface area contributed by atoms with Gasteiger partial charge in [0.1, 0.15) is 5.75 Å². The molecule has 2 rings (SSSR count). The first-order valence-corrected chi connectivity index (χ1v) is 8.18. The Hall–Kier alpha value is -1.13. The molecule has 1 atom stereocenters. The maximum atomic E-state index is 5.36. The number of hydrogen-bond acceptors (Lipinski definition) is 4. The molecule has 1 fully saturated rings. The zero-order valence-corrected chi connectivity index (χ0v) is 13.7. The van der Waals surface area contributed by atoms with Gasteiger partial charge in [-0.3, -0.25) is 9.88 Å². The van der Waals surface area contributed by atoms with Gasteiger partial charge in [-0.15, -0.1) is 0 Å². The smallest absolute Gasteiger partial charge is 0.122 e. The van der Waals surface area contributed by atoms with E-state index >= 15 is 0 Å². The highest BCUT2D eigenvalue weighted by Crippen LogP contribution is 2.16. The number of nitrogens with zero attached hydrogens (tertiary/aromatic N) is 2. The van der Waals surface area contributed by atoms with Gasteiger partial charge in [-0.2, -0.15) is 0 Å². The Morgan fingerprint density at radius 3 is 2.95 bits per heavy atom. The minimum absolute atomic E-state index is 0.647. The lowest BCUT2D eigenvalue weighted by atomic mass is 10.2. The van der Waals surface area contributed by atoms with Crippen molar-refractivity contribution >= 4 is 0 Å². The summed E-state index contributed by atoms with van der Waals surface area (Å²) in [4.78, 5) is 7.20. The normalized spacial score (nSPS) is 18.4. The van der Waals surface area contributed by atoms with Crippen molar-refractivity contribution in [3.8, 4) is 5.75 Å². The summed E-state index contributed by atoms with van der Waals surface area (Å²) in [5.41, 5.74) is 2.14. The van der Waals surface area contributed by atoms with Gasteiger partial charge in [0.2, 0.25) is 0 Å². The van der Waals surface area contributed by atoms with E-state index in [0.717, 1.165) is 36.8 Å². The topological polar surface area (TPSA) is 37.4 Å². The summed E-state index contributed by atoms with van der Waals surface area (Å²) < 4.78 is 5.36. The van der Waals surface area contributed by atoms with Crippen LogP contribution in [0.4, 0.5) is 0 Å². The third-order valence-corrected chi connectivity index (χ3v) is 4.07. The number of ether oxygens (including phenoxy) is 1. The summed E-state index contributed by atoms with van der Waals surface area (Å²) >= 11 is 0. The van der Waals surface area contributed by atoms with Crippen LogP contribution in [0.25, 0.3) is 0 Å². The van der Waals surface area contributed by atoms with E-state index in [2.05, 4.69) is 28.2 Å². The number of aromatic nitrogens is 1. The van der Waals surface area contributed by atoms with Crippen molar-refractivity contribution < 1.29 is 4.74 Å². The molecule has 1 aliphatic heterocycles. The van der Waals surface area contributed by atoms with Crippen LogP contribution in [-0.2, 0) is 6.54 Å². The molecule has 1 N–H and O–H groups in total. The van der Waals surface area contributed by atoms with Gasteiger partial charge < -0.3 is 10.1 Å². The molecule has 0 aliphatic carbocycles. The van der Waals surface area contributed by atoms with Crippen molar-refractivity contribution in [3.05, 3.63) is 23.5 Å². The minimum atomic E-state index is 0.647. The second-order valence-corrected chi connectivity index (χ2v) is 6.02. The molecular formula is C17H29N3O. The van der Waals surface area contributed by atoms with E-state index in [1.165, 1.54) is 32.2 Å². The lowest BCUT2D eigenvalue weighted by Crippen LogP contribution is -2.37. The summed E-state index contributed by atoms with van der Waals surface area (Å²) in [5, 5.41) is 3.60. The predicted octanol–water partition coefficient (Wildman–Crippen LogP) is 2.75. The molecule has 0 aromatic carbocycles. The molecule has 118 valence electrons. The van der Waals surface area contributed by atoms with Crippen molar-refractivity contribution in [3.63, 3.8) is 0 Å². The molecule has 4 heteroatoms. The van der Waals surface area contributed by atoms with E-state index in [9.17, 15) is 0 Å². The third-order valence-electron chi connectivity index (χ3n) is 4.07. The summed E-state index contributed by atoms with van der Waals surface area (Å²) in [6.07, 6.45) is 5.09. The average molecular weight is 291 g/mol. The SMILES string of the molecule is CCCCN(Cc1cc(OC)cc(C)n1)CC1CCCN1. The fourth-order valence-electron chi connectivity index (χ4n) is 2.97. The van der Waals surface area contributed by atoms with Crippen molar-refractivity contribution in [2.24, 2.45) is 0 Å². The van der Waals surface area contributed by atoms with Gasteiger partial charge >= 0.3 is 0 Å². The lowest BCUT2D eigenvalue weighted by molar-refractivity contribution is 0.234. The monoisotopic (exact) mass is 291 g/mol. The summed E-state index contributed by atoms with van der Waals surface area (Å²) in [6.45, 7) is 8.63. The second kappa shape index (κ2) is 8.35. The molecule has 21 heavy (non-hydrogen) atoms. The number of pyridine rings is 1. The Morgan fingerprint density at radius 2 is 2.29 bits per heavy atom. The van der Waals surface area contributed by atoms with E-state index < -0.39 is 0 Å². The Balaban J connectivity index is 2.00. The van der Waals surface area contributed by atoms with Crippen LogP contribution in [-0.4, -0.2) is 42.7 Å². The zero-order valence-electron chi connectivity index (χ0n) is 13.7. The molecule has 1 aromatic rings. The second-order valence-electron chi connectivity index (χ2n) is 6.02. The Bertz CT molecular complexity index is 430. The number of hydrogen-bond donors (Lipinski definition) is 1. The minimum Gasteiger partial charge on any atom is -0.497 e. The van der Waals surface area contributed by atoms with E-state index in [1.807, 2.05) is 13.0 Å². The largest absolute Gasteiger partial charge is 0.497 e. The fourth-order valence-corrected chi connectivity index (χ4v) is 2.97. The molecule has 1 aliphatic rings. The first kappa shape index (κ1) is 16.2. The van der Waals surface area contributed by atoms with Gasteiger partial charge in [0, 0.05) is 37.0 Å². The highest BCUT2D eigenvalue weighted by Gasteiger charge is 2.18. The number of unbranched alkanes of at least 4 members (excludes halogenated alkanes) is 1. The van der Waals surface area contributed by atoms with Crippen molar-refractivity contribution in [1.82, 2.24) is 15.2 Å². The van der Waals surface area contributed by atoms with Crippen molar-refractivity contribution in [2.45, 2.75) is 52.1 Å². The number of nitrogens with one attached hydrogen (secondary N) is 1. The van der Waals surface area contributed by atoms with Crippen molar-refractivity contribution in [1.29, 1.82) is 0 Å². The van der Waals surface area contributed by atoms with Crippen LogP contribution in [0.5, 0.6) is 5.75 Å². The van der Waals surface area contributed by atoms with Crippen LogP contribution in [0.3, 0.4) is 0 Å². The maximum absolute atomic E-state index is 5.36. The molecule has 0 bridgehead atoms. The molecule has 1 unspecified atom stereocenters. The van der Waals surface area contributed by atoms with Gasteiger partial charge in [0.05, 0.1) is 12.8 Å². The molecular weight excluding hydrogens is 262 g/mol. The molecule has 0 amide bonds. The maximum Gasteiger partial charge on any atom is 0.122 e. The summed E-state index contributed by atoms with van der Waals surface area (Å²) in [5.74, 6) is 0.909. The third kappa shape index (κ3) is 5.29. The highest BCUT2D eigenvalue weighted by atomic mass is 16.5. The van der Waals surface area contributed by atoms with Gasteiger partial charge in [0.15, 0.2) is 0 Å². The van der Waals surface area contributed by atoms with Gasteiger partial charge in [-0.25, -0.2) is 0 Å². The molecule has 0 radical (unpaired) electrons. The summed E-state index contributed by atoms with van der Waals surface area (Å²) in [7, 11) is 1.72. The number of rotatable bonds is 8. The predicted molar refractivity (Wildman–Crippen MR) is 86.7 cm³/mol. The first-order chi connectivity index (χ1) is 10.2. The molecule has 2 heterocycles. The fraction of sp³-hybridized carbons (Fsp3) is 0.706. The zero-order chi connectivity index (χ0) is 15.1. The standard InChI is InChI=1S/C17H29N3O/c1-4-5-9-20(12-15-7-6-8-18-15)13-16-11-17(21-3)10-14(2)19-16/h10-11,15,18H,4-9,12-13H2,1-3H3. The average Bonchev–Trinajstić information content (AvgIpc) is 2.97. The molecule has 0 saturated carbocycles. The van der Waals surface area contributed by atoms with Gasteiger partial charge in [0.25, 0.3) is 0 Å². The Labute approximate surface area is 128 Å². The Morgan fingerprint density at radius 1 is 1.43 bits per heavy atom. The van der Waals surface area contributed by atoms with Crippen LogP contribution in [0.15, 0.2) is 12.1 Å². The molecule has 1 saturated heterocycles. The highest BCUT2D eigenvalue weighted by molar-refractivity contribution is 5.26. The van der Waals surface area contributed by atoms with E-state index in [0.29, 0.717) is 6.04 Å². The van der Waals surface area contributed by atoms with Crippen LogP contribution >= 0.6 is 0 Å². The van der Waals surface area contributed by atoms with E-state index in [-0.39, 0.29) is 0 Å². The lowest BCUT2D eigenvalue weighted by Gasteiger charge is -2.25. The molecule has 1 aromatic heterocycles. The van der Waals surface area contributed by atoms with Crippen LogP contribution in [0, 0.1) is 6.92 Å². The van der Waals surface area contributed by atoms with Gasteiger partial charge in [-0.1, -0.05) is 13.3 Å². The number of methoxy groups -OCH3 is 1. The van der Waals surface area contributed by atoms with Crippen LogP contribution in [0.2, 0.25) is 0 Å². The van der Waals surface area contributed by atoms with Gasteiger partial charge in [-0.05, 0) is 39.3 Å².